The van der Waals surface area contributed by atoms with Gasteiger partial charge in [-0.25, -0.2) is 4.98 Å². The second kappa shape index (κ2) is 11.1. The molecule has 0 bridgehead atoms. The van der Waals surface area contributed by atoms with E-state index in [1.54, 1.807) is 11.8 Å². The molecule has 0 saturated carbocycles. The van der Waals surface area contributed by atoms with Crippen molar-refractivity contribution in [2.45, 2.75) is 39.1 Å². The lowest BCUT2D eigenvalue weighted by Gasteiger charge is -2.24. The van der Waals surface area contributed by atoms with E-state index in [0.29, 0.717) is 35.9 Å². The van der Waals surface area contributed by atoms with E-state index in [-0.39, 0.29) is 11.1 Å². The molecule has 0 aliphatic heterocycles. The van der Waals surface area contributed by atoms with Gasteiger partial charge in [-0.15, -0.1) is 11.8 Å². The average molecular weight is 435 g/mol. The van der Waals surface area contributed by atoms with E-state index in [4.69, 9.17) is 11.6 Å². The second-order valence-electron chi connectivity index (χ2n) is 6.91. The van der Waals surface area contributed by atoms with Gasteiger partial charge in [-0.05, 0) is 42.3 Å². The number of rotatable bonds is 9. The summed E-state index contributed by atoms with van der Waals surface area (Å²) in [4.78, 5) is 32.0. The van der Waals surface area contributed by atoms with Gasteiger partial charge >= 0.3 is 0 Å². The highest BCUT2D eigenvalue weighted by molar-refractivity contribution is 7.99. The molecule has 2 aromatic rings. The third kappa shape index (κ3) is 6.97. The number of thioether (sulfide) groups is 1. The van der Waals surface area contributed by atoms with Crippen LogP contribution in [0.25, 0.3) is 0 Å². The van der Waals surface area contributed by atoms with Crippen molar-refractivity contribution in [2.75, 3.05) is 29.6 Å². The summed E-state index contributed by atoms with van der Waals surface area (Å²) < 4.78 is 0. The molecule has 0 fully saturated rings. The summed E-state index contributed by atoms with van der Waals surface area (Å²) in [5.41, 5.74) is 2.04. The summed E-state index contributed by atoms with van der Waals surface area (Å²) in [6.45, 7) is 9.23. The van der Waals surface area contributed by atoms with E-state index in [1.165, 1.54) is 0 Å². The number of hydrogen-bond donors (Lipinski definition) is 1. The molecule has 0 aromatic carbocycles. The SMILES string of the molecule is CCSc1ccc(CN=C(C=O)Nc2c(C)nc(Cl)nc2N(C)CC(C)C)nc1. The third-order valence-electron chi connectivity index (χ3n) is 3.93. The van der Waals surface area contributed by atoms with Crippen LogP contribution in [0.1, 0.15) is 32.2 Å². The Balaban J connectivity index is 2.23. The summed E-state index contributed by atoms with van der Waals surface area (Å²) in [5, 5.41) is 3.24. The predicted molar refractivity (Wildman–Crippen MR) is 121 cm³/mol. The number of nitrogens with one attached hydrogen (secondary N) is 1. The third-order valence-corrected chi connectivity index (χ3v) is 4.96. The predicted octanol–water partition coefficient (Wildman–Crippen LogP) is 4.25. The monoisotopic (exact) mass is 434 g/mol. The molecule has 0 amide bonds. The van der Waals surface area contributed by atoms with Gasteiger partial charge in [-0.1, -0.05) is 20.8 Å². The zero-order valence-corrected chi connectivity index (χ0v) is 19.0. The van der Waals surface area contributed by atoms with Crippen molar-refractivity contribution in [2.24, 2.45) is 10.9 Å². The first-order valence-corrected chi connectivity index (χ1v) is 10.8. The number of carbonyl (C=O) groups excluding carboxylic acids is 1. The van der Waals surface area contributed by atoms with Gasteiger partial charge < -0.3 is 10.2 Å². The first-order valence-electron chi connectivity index (χ1n) is 9.43. The number of aldehydes is 1. The van der Waals surface area contributed by atoms with E-state index >= 15 is 0 Å². The fourth-order valence-corrected chi connectivity index (χ4v) is 3.57. The van der Waals surface area contributed by atoms with Gasteiger partial charge in [0.1, 0.15) is 5.69 Å². The number of hydrogen-bond acceptors (Lipinski definition) is 7. The van der Waals surface area contributed by atoms with Crippen LogP contribution in [0.2, 0.25) is 5.28 Å². The number of halogens is 1. The quantitative estimate of drug-likeness (QED) is 0.207. The minimum absolute atomic E-state index is 0.164. The minimum atomic E-state index is 0.164. The maximum absolute atomic E-state index is 11.6. The van der Waals surface area contributed by atoms with Crippen LogP contribution in [-0.4, -0.2) is 46.4 Å². The highest BCUT2D eigenvalue weighted by Gasteiger charge is 2.17. The molecule has 156 valence electrons. The molecule has 0 radical (unpaired) electrons. The summed E-state index contributed by atoms with van der Waals surface area (Å²) in [6, 6.07) is 3.93. The van der Waals surface area contributed by atoms with E-state index in [2.05, 4.69) is 46.0 Å². The average Bonchev–Trinajstić information content (AvgIpc) is 2.67. The molecule has 7 nitrogen and oxygen atoms in total. The lowest BCUT2D eigenvalue weighted by atomic mass is 10.2. The number of nitrogens with zero attached hydrogens (tertiary/aromatic N) is 5. The van der Waals surface area contributed by atoms with Gasteiger partial charge in [0.25, 0.3) is 0 Å². The maximum Gasteiger partial charge on any atom is 0.224 e. The molecule has 0 spiro atoms. The van der Waals surface area contributed by atoms with E-state index in [0.717, 1.165) is 22.9 Å². The van der Waals surface area contributed by atoms with Crippen LogP contribution in [0, 0.1) is 12.8 Å². The normalized spacial score (nSPS) is 11.6. The summed E-state index contributed by atoms with van der Waals surface area (Å²) in [6.07, 6.45) is 2.50. The first-order chi connectivity index (χ1) is 13.8. The molecular weight excluding hydrogens is 408 g/mol. The van der Waals surface area contributed by atoms with E-state index in [1.807, 2.05) is 37.2 Å². The number of anilines is 2. The number of aromatic nitrogens is 3. The molecule has 2 rings (SSSR count). The molecule has 29 heavy (non-hydrogen) atoms. The van der Waals surface area contributed by atoms with Crippen LogP contribution < -0.4 is 10.2 Å². The first kappa shape index (κ1) is 23.1. The lowest BCUT2D eigenvalue weighted by Crippen LogP contribution is -2.26. The second-order valence-corrected chi connectivity index (χ2v) is 8.59. The van der Waals surface area contributed by atoms with Crippen molar-refractivity contribution in [3.8, 4) is 0 Å². The molecule has 0 unspecified atom stereocenters. The molecule has 0 atom stereocenters. The van der Waals surface area contributed by atoms with Crippen molar-refractivity contribution in [1.82, 2.24) is 15.0 Å². The zero-order valence-electron chi connectivity index (χ0n) is 17.4. The molecule has 0 aliphatic carbocycles. The van der Waals surface area contributed by atoms with Gasteiger partial charge in [-0.3, -0.25) is 14.8 Å². The maximum atomic E-state index is 11.6. The number of amidine groups is 1. The van der Waals surface area contributed by atoms with Crippen molar-refractivity contribution in [3.63, 3.8) is 0 Å². The van der Waals surface area contributed by atoms with Gasteiger partial charge in [0.15, 0.2) is 17.9 Å². The number of aliphatic imine (C=N–C) groups is 1. The van der Waals surface area contributed by atoms with Crippen LogP contribution >= 0.6 is 23.4 Å². The summed E-state index contributed by atoms with van der Waals surface area (Å²) >= 11 is 7.79. The Labute approximate surface area is 181 Å². The highest BCUT2D eigenvalue weighted by atomic mass is 35.5. The van der Waals surface area contributed by atoms with Crippen LogP contribution in [0.3, 0.4) is 0 Å². The van der Waals surface area contributed by atoms with Gasteiger partial charge in [0, 0.05) is 24.7 Å². The molecule has 2 heterocycles. The topological polar surface area (TPSA) is 83.4 Å². The Hall–Kier alpha value is -2.19. The highest BCUT2D eigenvalue weighted by Crippen LogP contribution is 2.27. The van der Waals surface area contributed by atoms with Crippen molar-refractivity contribution in [1.29, 1.82) is 0 Å². The minimum Gasteiger partial charge on any atom is -0.358 e. The zero-order chi connectivity index (χ0) is 21.4. The van der Waals surface area contributed by atoms with Gasteiger partial charge in [-0.2, -0.15) is 4.98 Å². The van der Waals surface area contributed by atoms with Crippen LogP contribution in [0.4, 0.5) is 11.5 Å². The summed E-state index contributed by atoms with van der Waals surface area (Å²) in [7, 11) is 1.93. The van der Waals surface area contributed by atoms with Crippen molar-refractivity contribution >= 4 is 47.0 Å². The molecular formula is C20H27ClN6OS. The molecule has 2 aromatic heterocycles. The van der Waals surface area contributed by atoms with Crippen LogP contribution in [0.15, 0.2) is 28.2 Å². The Kier molecular flexibility index (Phi) is 8.85. The Morgan fingerprint density at radius 1 is 1.38 bits per heavy atom. The standard InChI is InChI=1S/C20H27ClN6OS/c1-6-29-16-8-7-15(22-10-16)9-23-17(12-28)25-18-14(4)24-20(21)26-19(18)27(5)11-13(2)3/h7-8,10,12-13H,6,9,11H2,1-5H3,(H,23,25). The number of aryl methyl sites for hydroxylation is 1. The Bertz CT molecular complexity index is 857. The van der Waals surface area contributed by atoms with Crippen LogP contribution in [0.5, 0.6) is 0 Å². The molecule has 0 saturated heterocycles. The fraction of sp³-hybridized carbons (Fsp3) is 0.450. The van der Waals surface area contributed by atoms with Gasteiger partial charge in [0.05, 0.1) is 17.9 Å². The Morgan fingerprint density at radius 2 is 2.14 bits per heavy atom. The van der Waals surface area contributed by atoms with Crippen molar-refractivity contribution < 1.29 is 4.79 Å². The molecule has 0 aliphatic rings. The van der Waals surface area contributed by atoms with E-state index < -0.39 is 0 Å². The number of carbonyl (C=O) groups is 1. The number of pyridine rings is 1. The Morgan fingerprint density at radius 3 is 2.72 bits per heavy atom. The van der Waals surface area contributed by atoms with Crippen molar-refractivity contribution in [3.05, 3.63) is 35.0 Å². The van der Waals surface area contributed by atoms with E-state index in [9.17, 15) is 4.79 Å². The smallest absolute Gasteiger partial charge is 0.224 e. The van der Waals surface area contributed by atoms with Crippen LogP contribution in [-0.2, 0) is 11.3 Å². The largest absolute Gasteiger partial charge is 0.358 e. The molecule has 1 N–H and O–H groups in total. The lowest BCUT2D eigenvalue weighted by molar-refractivity contribution is -0.102. The molecule has 9 heteroatoms. The fourth-order valence-electron chi connectivity index (χ4n) is 2.74. The summed E-state index contributed by atoms with van der Waals surface area (Å²) in [5.74, 6) is 2.24. The van der Waals surface area contributed by atoms with Gasteiger partial charge in [0.2, 0.25) is 5.28 Å².